The molecule has 0 saturated carbocycles. The van der Waals surface area contributed by atoms with Crippen LogP contribution >= 0.6 is 0 Å². The van der Waals surface area contributed by atoms with E-state index in [0.29, 0.717) is 18.5 Å². The van der Waals surface area contributed by atoms with E-state index in [0.717, 1.165) is 5.57 Å². The molecule has 0 aliphatic rings. The molecule has 0 aliphatic carbocycles. The van der Waals surface area contributed by atoms with E-state index in [9.17, 15) is 10.2 Å². The Hall–Kier alpha value is -1.70. The first-order valence-corrected chi connectivity index (χ1v) is 4.26. The second-order valence-corrected chi connectivity index (χ2v) is 2.97. The number of nitrogens with two attached hydrogens (primary N) is 1. The quantitative estimate of drug-likeness (QED) is 0.498. The fourth-order valence-electron chi connectivity index (χ4n) is 1.15. The average Bonchev–Trinajstić information content (AvgIpc) is 2.19. The van der Waals surface area contributed by atoms with Gasteiger partial charge in [0.15, 0.2) is 0 Å². The van der Waals surface area contributed by atoms with E-state index in [1.54, 1.807) is 0 Å². The van der Waals surface area contributed by atoms with Crippen molar-refractivity contribution in [1.29, 1.82) is 0 Å². The van der Waals surface area contributed by atoms with Crippen molar-refractivity contribution in [3.8, 4) is 11.5 Å². The van der Waals surface area contributed by atoms with Crippen LogP contribution in [0, 0.1) is 0 Å². The predicted molar refractivity (Wildman–Crippen MR) is 55.2 cm³/mol. The van der Waals surface area contributed by atoms with Gasteiger partial charge in [-0.25, -0.2) is 0 Å². The molecule has 4 N–H and O–H groups in total. The summed E-state index contributed by atoms with van der Waals surface area (Å²) in [7, 11) is 0. The van der Waals surface area contributed by atoms with Gasteiger partial charge in [0.2, 0.25) is 0 Å². The number of rotatable bonds is 3. The lowest BCUT2D eigenvalue weighted by atomic mass is 10.0. The van der Waals surface area contributed by atoms with Crippen LogP contribution in [0.2, 0.25) is 0 Å². The molecule has 0 spiro atoms. The largest absolute Gasteiger partial charge is 0.508 e. The van der Waals surface area contributed by atoms with Crippen LogP contribution in [0.5, 0.6) is 11.5 Å². The van der Waals surface area contributed by atoms with Crippen LogP contribution in [0.25, 0.3) is 0 Å². The number of aromatic hydroxyl groups is 2. The summed E-state index contributed by atoms with van der Waals surface area (Å²) in [6.45, 7) is 3.84. The first-order chi connectivity index (χ1) is 6.67. The van der Waals surface area contributed by atoms with Gasteiger partial charge in [-0.15, -0.1) is 5.73 Å². The fraction of sp³-hybridized carbons (Fsp3) is 0.182. The summed E-state index contributed by atoms with van der Waals surface area (Å²) in [4.78, 5) is 0. The maximum absolute atomic E-state index is 9.46. The third kappa shape index (κ3) is 2.39. The molecule has 0 aromatic heterocycles. The van der Waals surface area contributed by atoms with Gasteiger partial charge < -0.3 is 15.9 Å². The Morgan fingerprint density at radius 1 is 1.43 bits per heavy atom. The average molecular weight is 191 g/mol. The molecule has 3 nitrogen and oxygen atoms in total. The Morgan fingerprint density at radius 3 is 2.71 bits per heavy atom. The molecule has 0 saturated heterocycles. The molecule has 0 heterocycles. The van der Waals surface area contributed by atoms with E-state index < -0.39 is 0 Å². The lowest BCUT2D eigenvalue weighted by Crippen LogP contribution is -2.04. The molecule has 0 fully saturated rings. The normalized spacial score (nSPS) is 9.50. The van der Waals surface area contributed by atoms with Gasteiger partial charge in [-0.1, -0.05) is 6.58 Å². The number of hydrogen-bond donors (Lipinski definition) is 3. The minimum atomic E-state index is 0.123. The monoisotopic (exact) mass is 191 g/mol. The topological polar surface area (TPSA) is 66.5 Å². The van der Waals surface area contributed by atoms with E-state index >= 15 is 0 Å². The van der Waals surface area contributed by atoms with Crippen molar-refractivity contribution in [1.82, 2.24) is 0 Å². The van der Waals surface area contributed by atoms with Crippen LogP contribution in [0.15, 0.2) is 36.1 Å². The Bertz CT molecular complexity index is 379. The van der Waals surface area contributed by atoms with Crippen molar-refractivity contribution in [3.05, 3.63) is 41.6 Å². The third-order valence-electron chi connectivity index (χ3n) is 1.96. The van der Waals surface area contributed by atoms with Gasteiger partial charge >= 0.3 is 0 Å². The lowest BCUT2D eigenvalue weighted by Gasteiger charge is -2.05. The van der Waals surface area contributed by atoms with E-state index in [2.05, 4.69) is 12.3 Å². The molecule has 0 aliphatic heterocycles. The molecule has 0 radical (unpaired) electrons. The first-order valence-electron chi connectivity index (χ1n) is 4.26. The minimum absolute atomic E-state index is 0.123. The summed E-state index contributed by atoms with van der Waals surface area (Å²) < 4.78 is 0. The Balaban J connectivity index is 2.96. The van der Waals surface area contributed by atoms with Crippen LogP contribution in [-0.4, -0.2) is 16.8 Å². The van der Waals surface area contributed by atoms with Crippen molar-refractivity contribution >= 4 is 0 Å². The maximum atomic E-state index is 9.46. The molecule has 0 unspecified atom stereocenters. The van der Waals surface area contributed by atoms with Gasteiger partial charge in [-0.2, -0.15) is 0 Å². The molecule has 14 heavy (non-hydrogen) atoms. The molecule has 3 heteroatoms. The van der Waals surface area contributed by atoms with E-state index in [-0.39, 0.29) is 11.5 Å². The lowest BCUT2D eigenvalue weighted by molar-refractivity contribution is 0.455. The van der Waals surface area contributed by atoms with E-state index in [4.69, 9.17) is 5.73 Å². The highest BCUT2D eigenvalue weighted by atomic mass is 16.3. The number of phenols is 2. The molecule has 1 aromatic rings. The summed E-state index contributed by atoms with van der Waals surface area (Å²) in [5.74, 6) is 0.266. The Labute approximate surface area is 82.8 Å². The van der Waals surface area contributed by atoms with Gasteiger partial charge in [0, 0.05) is 18.5 Å². The second-order valence-electron chi connectivity index (χ2n) is 2.97. The molecular weight excluding hydrogens is 178 g/mol. The first kappa shape index (κ1) is 10.4. The summed E-state index contributed by atoms with van der Waals surface area (Å²) in [6.07, 6.45) is 0.459. The smallest absolute Gasteiger partial charge is 0.119 e. The van der Waals surface area contributed by atoms with E-state index in [1.807, 2.05) is 0 Å². The fourth-order valence-corrected chi connectivity index (χ4v) is 1.15. The predicted octanol–water partition coefficient (Wildman–Crippen LogP) is 1.31. The van der Waals surface area contributed by atoms with Crippen molar-refractivity contribution in [2.45, 2.75) is 6.42 Å². The summed E-state index contributed by atoms with van der Waals surface area (Å²) in [5, 5.41) is 18.7. The summed E-state index contributed by atoms with van der Waals surface area (Å²) >= 11 is 0. The summed E-state index contributed by atoms with van der Waals surface area (Å²) in [5.41, 5.74) is 9.56. The minimum Gasteiger partial charge on any atom is -0.508 e. The zero-order valence-electron chi connectivity index (χ0n) is 7.83. The molecule has 74 valence electrons. The molecule has 0 atom stereocenters. The molecule has 1 rings (SSSR count). The van der Waals surface area contributed by atoms with Crippen LogP contribution < -0.4 is 5.73 Å². The summed E-state index contributed by atoms with van der Waals surface area (Å²) in [6, 6.07) is 4.38. The maximum Gasteiger partial charge on any atom is 0.119 e. The van der Waals surface area contributed by atoms with Gasteiger partial charge in [0.1, 0.15) is 11.5 Å². The molecular formula is C11H13NO2. The van der Waals surface area contributed by atoms with Gasteiger partial charge in [0.05, 0.1) is 0 Å². The molecule has 0 amide bonds. The Morgan fingerprint density at radius 2 is 2.14 bits per heavy atom. The highest BCUT2D eigenvalue weighted by molar-refractivity contribution is 5.40. The number of benzene rings is 1. The molecule has 0 bridgehead atoms. The third-order valence-corrected chi connectivity index (χ3v) is 1.96. The van der Waals surface area contributed by atoms with E-state index in [1.165, 1.54) is 18.2 Å². The van der Waals surface area contributed by atoms with Crippen LogP contribution in [-0.2, 0) is 6.42 Å². The van der Waals surface area contributed by atoms with Crippen LogP contribution in [0.3, 0.4) is 0 Å². The zero-order valence-corrected chi connectivity index (χ0v) is 7.83. The van der Waals surface area contributed by atoms with Crippen molar-refractivity contribution in [2.75, 3.05) is 6.54 Å². The number of phenolic OH excluding ortho intramolecular Hbond substituents is 2. The van der Waals surface area contributed by atoms with Gasteiger partial charge in [-0.3, -0.25) is 0 Å². The van der Waals surface area contributed by atoms with Crippen LogP contribution in [0.1, 0.15) is 5.56 Å². The highest BCUT2D eigenvalue weighted by Crippen LogP contribution is 2.23. The van der Waals surface area contributed by atoms with Crippen molar-refractivity contribution < 1.29 is 10.2 Å². The standard InChI is InChI=1S/C11H13NO2/c1-2-8(7-12)5-9-6-10(13)3-4-11(9)14/h3-4,6,13-14H,1,5,7,12H2. The van der Waals surface area contributed by atoms with Crippen molar-refractivity contribution in [2.24, 2.45) is 5.73 Å². The second kappa shape index (κ2) is 4.51. The zero-order chi connectivity index (χ0) is 10.6. The highest BCUT2D eigenvalue weighted by Gasteiger charge is 2.04. The Kier molecular flexibility index (Phi) is 3.35. The molecule has 1 aromatic carbocycles. The van der Waals surface area contributed by atoms with Crippen molar-refractivity contribution in [3.63, 3.8) is 0 Å². The van der Waals surface area contributed by atoms with Gasteiger partial charge in [0.25, 0.3) is 0 Å². The SMILES string of the molecule is C=C=C(CN)Cc1cc(O)ccc1O. The van der Waals surface area contributed by atoms with Crippen LogP contribution in [0.4, 0.5) is 0 Å². The van der Waals surface area contributed by atoms with Gasteiger partial charge in [-0.05, 0) is 23.8 Å². The number of hydrogen-bond acceptors (Lipinski definition) is 3.